The van der Waals surface area contributed by atoms with E-state index in [-0.39, 0.29) is 11.9 Å². The number of carbonyl (C=O) groups is 1. The van der Waals surface area contributed by atoms with Gasteiger partial charge in [0, 0.05) is 12.5 Å². The molecule has 0 spiro atoms. The van der Waals surface area contributed by atoms with Crippen LogP contribution in [0.25, 0.3) is 0 Å². The summed E-state index contributed by atoms with van der Waals surface area (Å²) in [6.07, 6.45) is 0.459. The molecule has 1 heterocycles. The third kappa shape index (κ3) is 3.06. The van der Waals surface area contributed by atoms with Crippen molar-refractivity contribution in [1.82, 2.24) is 15.5 Å². The second-order valence-electron chi connectivity index (χ2n) is 3.75. The number of aromatic amines is 1. The van der Waals surface area contributed by atoms with Crippen LogP contribution >= 0.6 is 0 Å². The Hall–Kier alpha value is -1.36. The zero-order valence-corrected chi connectivity index (χ0v) is 9.64. The maximum absolute atomic E-state index is 11.6. The van der Waals surface area contributed by atoms with Gasteiger partial charge in [0.2, 0.25) is 5.91 Å². The highest BCUT2D eigenvalue weighted by Crippen LogP contribution is 2.16. The van der Waals surface area contributed by atoms with E-state index >= 15 is 0 Å². The number of aromatic nitrogens is 2. The van der Waals surface area contributed by atoms with Crippen molar-refractivity contribution in [1.29, 1.82) is 0 Å². The molecule has 84 valence electrons. The summed E-state index contributed by atoms with van der Waals surface area (Å²) < 4.78 is 0. The number of carbonyl (C=O) groups excluding carboxylic acids is 1. The molecule has 1 aromatic rings. The highest BCUT2D eigenvalue weighted by Gasteiger charge is 2.11. The Morgan fingerprint density at radius 2 is 2.20 bits per heavy atom. The summed E-state index contributed by atoms with van der Waals surface area (Å²) in [6.45, 7) is 5.71. The zero-order chi connectivity index (χ0) is 11.4. The first-order chi connectivity index (χ1) is 7.04. The van der Waals surface area contributed by atoms with Crippen LogP contribution in [-0.4, -0.2) is 29.2 Å². The lowest BCUT2D eigenvalue weighted by molar-refractivity contribution is -0.116. The first-order valence-corrected chi connectivity index (χ1v) is 5.03. The Morgan fingerprint density at radius 1 is 1.53 bits per heavy atom. The van der Waals surface area contributed by atoms with Gasteiger partial charge in [-0.05, 0) is 27.8 Å². The molecule has 0 fully saturated rings. The molecule has 0 aliphatic heterocycles. The highest BCUT2D eigenvalue weighted by molar-refractivity contribution is 5.92. The molecule has 0 bridgehead atoms. The second-order valence-corrected chi connectivity index (χ2v) is 3.75. The van der Waals surface area contributed by atoms with Gasteiger partial charge in [0.1, 0.15) is 0 Å². The summed E-state index contributed by atoms with van der Waals surface area (Å²) in [4.78, 5) is 11.6. The monoisotopic (exact) mass is 210 g/mol. The summed E-state index contributed by atoms with van der Waals surface area (Å²) in [5.74, 6) is 0.00412. The topological polar surface area (TPSA) is 69.8 Å². The Balaban J connectivity index is 2.59. The van der Waals surface area contributed by atoms with Gasteiger partial charge in [-0.3, -0.25) is 9.89 Å². The molecule has 1 unspecified atom stereocenters. The lowest BCUT2D eigenvalue weighted by atomic mass is 10.2. The maximum Gasteiger partial charge on any atom is 0.226 e. The molecule has 3 N–H and O–H groups in total. The first-order valence-electron chi connectivity index (χ1n) is 5.03. The molecule has 0 radical (unpaired) electrons. The third-order valence-electron chi connectivity index (χ3n) is 2.38. The predicted octanol–water partition coefficient (Wildman–Crippen LogP) is 0.963. The molecule has 0 saturated carbocycles. The van der Waals surface area contributed by atoms with Crippen LogP contribution in [0.2, 0.25) is 0 Å². The molecule has 15 heavy (non-hydrogen) atoms. The number of nitrogens with zero attached hydrogens (tertiary/aromatic N) is 1. The van der Waals surface area contributed by atoms with Crippen LogP contribution < -0.4 is 10.6 Å². The highest BCUT2D eigenvalue weighted by atomic mass is 16.1. The average Bonchev–Trinajstić information content (AvgIpc) is 2.49. The normalized spacial score (nSPS) is 12.5. The maximum atomic E-state index is 11.6. The number of hydrogen-bond acceptors (Lipinski definition) is 3. The summed E-state index contributed by atoms with van der Waals surface area (Å²) in [7, 11) is 1.84. The van der Waals surface area contributed by atoms with Gasteiger partial charge in [-0.15, -0.1) is 0 Å². The first kappa shape index (κ1) is 11.7. The van der Waals surface area contributed by atoms with Gasteiger partial charge >= 0.3 is 0 Å². The molecule has 1 rings (SSSR count). The SMILES string of the molecule is CNC(C)CC(=O)Nc1c(C)n[nH]c1C. The lowest BCUT2D eigenvalue weighted by Crippen LogP contribution is -2.27. The molecule has 1 aromatic heterocycles. The van der Waals surface area contributed by atoms with Gasteiger partial charge in [0.25, 0.3) is 0 Å². The molecule has 0 aliphatic rings. The van der Waals surface area contributed by atoms with Gasteiger partial charge in [-0.2, -0.15) is 5.10 Å². The molecule has 1 amide bonds. The number of anilines is 1. The quantitative estimate of drug-likeness (QED) is 0.693. The number of amides is 1. The number of hydrogen-bond donors (Lipinski definition) is 3. The standard InChI is InChI=1S/C10H18N4O/c1-6(11-4)5-9(15)12-10-7(2)13-14-8(10)3/h6,11H,5H2,1-4H3,(H,12,15)(H,13,14). The molecule has 0 aromatic carbocycles. The van der Waals surface area contributed by atoms with Crippen LogP contribution in [0, 0.1) is 13.8 Å². The number of rotatable bonds is 4. The van der Waals surface area contributed by atoms with E-state index in [4.69, 9.17) is 0 Å². The van der Waals surface area contributed by atoms with Gasteiger partial charge in [0.05, 0.1) is 17.1 Å². The molecule has 0 saturated heterocycles. The summed E-state index contributed by atoms with van der Waals surface area (Å²) in [5.41, 5.74) is 2.50. The molecule has 5 heteroatoms. The van der Waals surface area contributed by atoms with Crippen LogP contribution in [0.15, 0.2) is 0 Å². The third-order valence-corrected chi connectivity index (χ3v) is 2.38. The van der Waals surface area contributed by atoms with Crippen LogP contribution in [0.4, 0.5) is 5.69 Å². The van der Waals surface area contributed by atoms with Gasteiger partial charge in [-0.1, -0.05) is 0 Å². The van der Waals surface area contributed by atoms with Crippen LogP contribution in [0.1, 0.15) is 24.7 Å². The van der Waals surface area contributed by atoms with Crippen molar-refractivity contribution in [2.75, 3.05) is 12.4 Å². The minimum atomic E-state index is 0.00412. The van der Waals surface area contributed by atoms with Crippen LogP contribution in [-0.2, 0) is 4.79 Å². The van der Waals surface area contributed by atoms with Crippen molar-refractivity contribution in [3.05, 3.63) is 11.4 Å². The predicted molar refractivity (Wildman–Crippen MR) is 59.8 cm³/mol. The fourth-order valence-corrected chi connectivity index (χ4v) is 1.31. The summed E-state index contributed by atoms with van der Waals surface area (Å²) in [5, 5.41) is 12.7. The summed E-state index contributed by atoms with van der Waals surface area (Å²) >= 11 is 0. The Labute approximate surface area is 89.6 Å². The Kier molecular flexibility index (Phi) is 3.85. The van der Waals surface area contributed by atoms with E-state index in [2.05, 4.69) is 20.8 Å². The van der Waals surface area contributed by atoms with Crippen molar-refractivity contribution in [3.8, 4) is 0 Å². The number of H-pyrrole nitrogens is 1. The van der Waals surface area contributed by atoms with E-state index in [9.17, 15) is 4.79 Å². The smallest absolute Gasteiger partial charge is 0.226 e. The van der Waals surface area contributed by atoms with Crippen molar-refractivity contribution in [2.24, 2.45) is 0 Å². The minimum absolute atomic E-state index is 0.00412. The van der Waals surface area contributed by atoms with E-state index in [0.29, 0.717) is 6.42 Å². The Morgan fingerprint density at radius 3 is 2.67 bits per heavy atom. The fourth-order valence-electron chi connectivity index (χ4n) is 1.31. The van der Waals surface area contributed by atoms with Gasteiger partial charge in [-0.25, -0.2) is 0 Å². The van der Waals surface area contributed by atoms with Gasteiger partial charge in [0.15, 0.2) is 0 Å². The van der Waals surface area contributed by atoms with E-state index in [1.54, 1.807) is 0 Å². The van der Waals surface area contributed by atoms with E-state index in [0.717, 1.165) is 17.1 Å². The van der Waals surface area contributed by atoms with Crippen LogP contribution in [0.3, 0.4) is 0 Å². The van der Waals surface area contributed by atoms with Crippen molar-refractivity contribution >= 4 is 11.6 Å². The van der Waals surface area contributed by atoms with Crippen molar-refractivity contribution in [2.45, 2.75) is 33.2 Å². The molecule has 0 aliphatic carbocycles. The average molecular weight is 210 g/mol. The molecular formula is C10H18N4O. The van der Waals surface area contributed by atoms with E-state index in [1.807, 2.05) is 27.8 Å². The zero-order valence-electron chi connectivity index (χ0n) is 9.64. The number of nitrogens with one attached hydrogen (secondary N) is 3. The largest absolute Gasteiger partial charge is 0.323 e. The fraction of sp³-hybridized carbons (Fsp3) is 0.600. The second kappa shape index (κ2) is 4.93. The van der Waals surface area contributed by atoms with Crippen molar-refractivity contribution in [3.63, 3.8) is 0 Å². The minimum Gasteiger partial charge on any atom is -0.323 e. The molecular weight excluding hydrogens is 192 g/mol. The van der Waals surface area contributed by atoms with E-state index < -0.39 is 0 Å². The van der Waals surface area contributed by atoms with Crippen LogP contribution in [0.5, 0.6) is 0 Å². The molecule has 1 atom stereocenters. The van der Waals surface area contributed by atoms with E-state index in [1.165, 1.54) is 0 Å². The Bertz CT molecular complexity index is 326. The number of aryl methyl sites for hydroxylation is 2. The summed E-state index contributed by atoms with van der Waals surface area (Å²) in [6, 6.07) is 0.178. The van der Waals surface area contributed by atoms with Crippen molar-refractivity contribution < 1.29 is 4.79 Å². The lowest BCUT2D eigenvalue weighted by Gasteiger charge is -2.10. The molecule has 5 nitrogen and oxygen atoms in total. The van der Waals surface area contributed by atoms with Gasteiger partial charge < -0.3 is 10.6 Å².